The molecule has 0 aliphatic heterocycles. The number of aromatic hydroxyl groups is 1. The van der Waals surface area contributed by atoms with Gasteiger partial charge in [-0.1, -0.05) is 24.3 Å². The average molecular weight is 280 g/mol. The second-order valence-electron chi connectivity index (χ2n) is 4.70. The minimum Gasteiger partial charge on any atom is -0.507 e. The molecule has 1 heterocycles. The molecule has 0 radical (unpaired) electrons. The summed E-state index contributed by atoms with van der Waals surface area (Å²) in [5.41, 5.74) is 0.272. The number of phenols is 1. The summed E-state index contributed by atoms with van der Waals surface area (Å²) < 4.78 is 5.72. The zero-order valence-corrected chi connectivity index (χ0v) is 11.3. The van der Waals surface area contributed by atoms with Gasteiger partial charge >= 0.3 is 0 Å². The van der Waals surface area contributed by atoms with E-state index in [1.807, 2.05) is 0 Å². The molecule has 0 spiro atoms. The Kier molecular flexibility index (Phi) is 3.06. The molecule has 0 atom stereocenters. The van der Waals surface area contributed by atoms with Gasteiger partial charge in [0.15, 0.2) is 11.5 Å². The van der Waals surface area contributed by atoms with Crippen molar-refractivity contribution in [2.75, 3.05) is 0 Å². The molecule has 21 heavy (non-hydrogen) atoms. The molecule has 0 amide bonds. The molecular weight excluding hydrogens is 268 g/mol. The van der Waals surface area contributed by atoms with Crippen molar-refractivity contribution in [1.82, 2.24) is 0 Å². The Hall–Kier alpha value is -2.88. The highest BCUT2D eigenvalue weighted by Crippen LogP contribution is 2.32. The first-order valence-electron chi connectivity index (χ1n) is 6.44. The van der Waals surface area contributed by atoms with E-state index in [1.165, 1.54) is 13.0 Å². The lowest BCUT2D eigenvalue weighted by Gasteiger charge is -2.09. The summed E-state index contributed by atoms with van der Waals surface area (Å²) in [6.45, 7) is 1.31. The van der Waals surface area contributed by atoms with Crippen LogP contribution in [0.4, 0.5) is 0 Å². The SMILES string of the molecule is CC(=O)c1c(-c2ccccc2O)oc2ccccc2c1=O. The first kappa shape index (κ1) is 13.1. The fourth-order valence-corrected chi connectivity index (χ4v) is 2.32. The average Bonchev–Trinajstić information content (AvgIpc) is 2.47. The molecule has 0 aliphatic rings. The standard InChI is InChI=1S/C17H12O4/c1-10(18)15-16(20)12-7-3-5-9-14(12)21-17(15)11-6-2-4-8-13(11)19/h2-9,19H,1H3. The summed E-state index contributed by atoms with van der Waals surface area (Å²) in [5, 5.41) is 10.3. The van der Waals surface area contributed by atoms with Crippen molar-refractivity contribution in [3.63, 3.8) is 0 Å². The Bertz CT molecular complexity index is 906. The molecule has 2 aromatic carbocycles. The third-order valence-corrected chi connectivity index (χ3v) is 3.30. The highest BCUT2D eigenvalue weighted by atomic mass is 16.3. The first-order chi connectivity index (χ1) is 10.1. The molecule has 1 aromatic heterocycles. The van der Waals surface area contributed by atoms with Gasteiger partial charge in [-0.05, 0) is 31.2 Å². The van der Waals surface area contributed by atoms with Crippen LogP contribution >= 0.6 is 0 Å². The van der Waals surface area contributed by atoms with Gasteiger partial charge in [0.2, 0.25) is 5.43 Å². The van der Waals surface area contributed by atoms with E-state index in [1.54, 1.807) is 42.5 Å². The molecule has 4 nitrogen and oxygen atoms in total. The number of fused-ring (bicyclic) bond motifs is 1. The molecule has 104 valence electrons. The number of para-hydroxylation sites is 2. The van der Waals surface area contributed by atoms with Gasteiger partial charge in [-0.15, -0.1) is 0 Å². The summed E-state index contributed by atoms with van der Waals surface area (Å²) in [5.74, 6) is -0.338. The van der Waals surface area contributed by atoms with Crippen LogP contribution in [0.5, 0.6) is 5.75 Å². The van der Waals surface area contributed by atoms with E-state index in [0.717, 1.165) is 0 Å². The molecule has 0 aliphatic carbocycles. The summed E-state index contributed by atoms with van der Waals surface area (Å²) in [4.78, 5) is 24.4. The second-order valence-corrected chi connectivity index (χ2v) is 4.70. The molecule has 0 saturated carbocycles. The number of rotatable bonds is 2. The van der Waals surface area contributed by atoms with Gasteiger partial charge in [0.1, 0.15) is 16.9 Å². The minimum absolute atomic E-state index is 0.0431. The third-order valence-electron chi connectivity index (χ3n) is 3.30. The predicted octanol–water partition coefficient (Wildman–Crippen LogP) is 3.37. The molecule has 3 rings (SSSR count). The van der Waals surface area contributed by atoms with Crippen LogP contribution in [0.2, 0.25) is 0 Å². The van der Waals surface area contributed by atoms with Crippen LogP contribution < -0.4 is 5.43 Å². The fraction of sp³-hybridized carbons (Fsp3) is 0.0588. The Balaban J connectivity index is 2.47. The number of Topliss-reactive ketones (excluding diaryl/α,β-unsaturated/α-hetero) is 1. The van der Waals surface area contributed by atoms with Gasteiger partial charge < -0.3 is 9.52 Å². The number of hydrogen-bond acceptors (Lipinski definition) is 4. The number of carbonyl (C=O) groups excluding carboxylic acids is 1. The lowest BCUT2D eigenvalue weighted by Crippen LogP contribution is -2.14. The van der Waals surface area contributed by atoms with E-state index in [-0.39, 0.29) is 22.5 Å². The predicted molar refractivity (Wildman–Crippen MR) is 79.6 cm³/mol. The Morgan fingerprint density at radius 2 is 1.71 bits per heavy atom. The van der Waals surface area contributed by atoms with E-state index in [9.17, 15) is 14.7 Å². The topological polar surface area (TPSA) is 67.5 Å². The Labute approximate surface area is 120 Å². The molecule has 0 saturated heterocycles. The van der Waals surface area contributed by atoms with Gasteiger partial charge in [0.05, 0.1) is 10.9 Å². The number of carbonyl (C=O) groups is 1. The van der Waals surface area contributed by atoms with Crippen molar-refractivity contribution in [3.8, 4) is 17.1 Å². The summed E-state index contributed by atoms with van der Waals surface area (Å²) in [7, 11) is 0. The third kappa shape index (κ3) is 2.10. The van der Waals surface area contributed by atoms with Crippen molar-refractivity contribution in [3.05, 3.63) is 64.3 Å². The van der Waals surface area contributed by atoms with Crippen LogP contribution in [0.3, 0.4) is 0 Å². The number of ketones is 1. The van der Waals surface area contributed by atoms with Crippen LogP contribution in [-0.2, 0) is 0 Å². The molecule has 1 N–H and O–H groups in total. The van der Waals surface area contributed by atoms with Gasteiger partial charge in [0, 0.05) is 0 Å². The summed E-state index contributed by atoms with van der Waals surface area (Å²) in [6, 6.07) is 13.2. The highest BCUT2D eigenvalue weighted by molar-refractivity contribution is 6.02. The molecule has 4 heteroatoms. The monoisotopic (exact) mass is 280 g/mol. The quantitative estimate of drug-likeness (QED) is 0.731. The van der Waals surface area contributed by atoms with E-state index in [0.29, 0.717) is 16.5 Å². The zero-order valence-electron chi connectivity index (χ0n) is 11.3. The van der Waals surface area contributed by atoms with Crippen LogP contribution in [0, 0.1) is 0 Å². The van der Waals surface area contributed by atoms with E-state index < -0.39 is 5.78 Å². The van der Waals surface area contributed by atoms with Crippen molar-refractivity contribution in [2.45, 2.75) is 6.92 Å². The second kappa shape index (κ2) is 4.90. The molecule has 0 unspecified atom stereocenters. The lowest BCUT2D eigenvalue weighted by atomic mass is 10.0. The Morgan fingerprint density at radius 1 is 1.05 bits per heavy atom. The first-order valence-corrected chi connectivity index (χ1v) is 6.44. The van der Waals surface area contributed by atoms with Crippen molar-refractivity contribution in [1.29, 1.82) is 0 Å². The fourth-order valence-electron chi connectivity index (χ4n) is 2.32. The zero-order chi connectivity index (χ0) is 15.0. The minimum atomic E-state index is -0.396. The van der Waals surface area contributed by atoms with Crippen LogP contribution in [-0.4, -0.2) is 10.9 Å². The Morgan fingerprint density at radius 3 is 2.43 bits per heavy atom. The number of hydrogen-bond donors (Lipinski definition) is 1. The lowest BCUT2D eigenvalue weighted by molar-refractivity contribution is 0.101. The van der Waals surface area contributed by atoms with Crippen LogP contribution in [0.25, 0.3) is 22.3 Å². The maximum absolute atomic E-state index is 12.5. The van der Waals surface area contributed by atoms with Crippen LogP contribution in [0.1, 0.15) is 17.3 Å². The number of phenolic OH excluding ortho intramolecular Hbond substituents is 1. The molecule has 0 bridgehead atoms. The smallest absolute Gasteiger partial charge is 0.204 e. The largest absolute Gasteiger partial charge is 0.507 e. The molecule has 3 aromatic rings. The van der Waals surface area contributed by atoms with Gasteiger partial charge in [0.25, 0.3) is 0 Å². The summed E-state index contributed by atoms with van der Waals surface area (Å²) >= 11 is 0. The van der Waals surface area contributed by atoms with Crippen molar-refractivity contribution in [2.24, 2.45) is 0 Å². The maximum atomic E-state index is 12.5. The van der Waals surface area contributed by atoms with Crippen molar-refractivity contribution < 1.29 is 14.3 Å². The maximum Gasteiger partial charge on any atom is 0.204 e. The molecular formula is C17H12O4. The molecule has 0 fully saturated rings. The van der Waals surface area contributed by atoms with E-state index >= 15 is 0 Å². The normalized spacial score (nSPS) is 10.7. The van der Waals surface area contributed by atoms with E-state index in [4.69, 9.17) is 4.42 Å². The van der Waals surface area contributed by atoms with E-state index in [2.05, 4.69) is 0 Å². The summed E-state index contributed by atoms with van der Waals surface area (Å²) in [6.07, 6.45) is 0. The van der Waals surface area contributed by atoms with Crippen LogP contribution in [0.15, 0.2) is 57.7 Å². The van der Waals surface area contributed by atoms with Gasteiger partial charge in [-0.25, -0.2) is 0 Å². The van der Waals surface area contributed by atoms with Crippen molar-refractivity contribution >= 4 is 16.8 Å². The van der Waals surface area contributed by atoms with Gasteiger partial charge in [-0.3, -0.25) is 9.59 Å². The highest BCUT2D eigenvalue weighted by Gasteiger charge is 2.20. The number of benzene rings is 2. The van der Waals surface area contributed by atoms with Gasteiger partial charge in [-0.2, -0.15) is 0 Å².